The molecule has 0 radical (unpaired) electrons. The number of aryl methyl sites for hydroxylation is 2. The maximum Gasteiger partial charge on any atom is 0.267 e. The highest BCUT2D eigenvalue weighted by molar-refractivity contribution is 5.92. The summed E-state index contributed by atoms with van der Waals surface area (Å²) in [6.45, 7) is 7.10. The quantitative estimate of drug-likeness (QED) is 0.244. The summed E-state index contributed by atoms with van der Waals surface area (Å²) in [5, 5.41) is 22.7. The molecule has 0 saturated carbocycles. The van der Waals surface area contributed by atoms with Crippen molar-refractivity contribution in [3.05, 3.63) is 71.3 Å². The Morgan fingerprint density at radius 2 is 1.63 bits per heavy atom. The molecule has 0 atom stereocenters. The Bertz CT molecular complexity index is 1370. The standard InChI is InChI=1S/C28H36N8O2/c1-4-7-23-31-25(28(2,3)38)24(26(30)37)35(23)18-19-8-10-20(11-9-19)21-12-14-22(15-13-21)27-32-33-34-36(27)17-6-5-16-29/h8-15,38H,4-7,16-18,29H2,1-3H3,(H2,30,37). The van der Waals surface area contributed by atoms with Gasteiger partial charge in [-0.2, -0.15) is 0 Å². The summed E-state index contributed by atoms with van der Waals surface area (Å²) in [6, 6.07) is 16.3. The molecule has 0 bridgehead atoms. The molecule has 4 rings (SSSR count). The smallest absolute Gasteiger partial charge is 0.267 e. The van der Waals surface area contributed by atoms with E-state index >= 15 is 0 Å². The highest BCUT2D eigenvalue weighted by Crippen LogP contribution is 2.27. The Morgan fingerprint density at radius 3 is 2.21 bits per heavy atom. The Labute approximate surface area is 222 Å². The van der Waals surface area contributed by atoms with Gasteiger partial charge in [0.25, 0.3) is 5.91 Å². The zero-order valence-electron chi connectivity index (χ0n) is 22.3. The van der Waals surface area contributed by atoms with Crippen LogP contribution in [-0.2, 0) is 25.1 Å². The number of hydrogen-bond donors (Lipinski definition) is 3. The molecular weight excluding hydrogens is 480 g/mol. The third-order valence-corrected chi connectivity index (χ3v) is 6.46. The van der Waals surface area contributed by atoms with Gasteiger partial charge in [0.2, 0.25) is 0 Å². The molecule has 5 N–H and O–H groups in total. The molecule has 2 heterocycles. The van der Waals surface area contributed by atoms with Crippen LogP contribution in [0.1, 0.15) is 67.6 Å². The van der Waals surface area contributed by atoms with Crippen LogP contribution >= 0.6 is 0 Å². The molecule has 0 fully saturated rings. The van der Waals surface area contributed by atoms with Gasteiger partial charge >= 0.3 is 0 Å². The van der Waals surface area contributed by atoms with Crippen LogP contribution in [0.4, 0.5) is 0 Å². The third-order valence-electron chi connectivity index (χ3n) is 6.46. The molecule has 0 saturated heterocycles. The van der Waals surface area contributed by atoms with Crippen molar-refractivity contribution in [1.29, 1.82) is 0 Å². The number of imidazole rings is 1. The van der Waals surface area contributed by atoms with Crippen molar-refractivity contribution < 1.29 is 9.90 Å². The number of rotatable bonds is 12. The minimum Gasteiger partial charge on any atom is -0.384 e. The molecule has 0 aliphatic heterocycles. The van der Waals surface area contributed by atoms with Gasteiger partial charge in [0.05, 0.1) is 0 Å². The van der Waals surface area contributed by atoms with Crippen molar-refractivity contribution in [1.82, 2.24) is 29.8 Å². The summed E-state index contributed by atoms with van der Waals surface area (Å²) in [5.74, 6) is 0.880. The molecule has 1 amide bonds. The minimum absolute atomic E-state index is 0.256. The number of nitrogens with zero attached hydrogens (tertiary/aromatic N) is 6. The number of unbranched alkanes of at least 4 members (excludes halogenated alkanes) is 1. The average molecular weight is 517 g/mol. The molecule has 4 aromatic rings. The SMILES string of the molecule is CCCc1nc(C(C)(C)O)c(C(N)=O)n1Cc1ccc(-c2ccc(-c3nnnn3CCCCN)cc2)cc1. The number of carbonyl (C=O) groups is 1. The zero-order chi connectivity index (χ0) is 27.3. The van der Waals surface area contributed by atoms with E-state index in [9.17, 15) is 9.90 Å². The van der Waals surface area contributed by atoms with E-state index in [2.05, 4.69) is 51.7 Å². The van der Waals surface area contributed by atoms with E-state index in [-0.39, 0.29) is 5.69 Å². The first kappa shape index (κ1) is 27.2. The van der Waals surface area contributed by atoms with Crippen molar-refractivity contribution in [3.63, 3.8) is 0 Å². The molecule has 38 heavy (non-hydrogen) atoms. The molecule has 2 aromatic carbocycles. The molecule has 2 aromatic heterocycles. The molecule has 0 spiro atoms. The summed E-state index contributed by atoms with van der Waals surface area (Å²) in [6.07, 6.45) is 3.39. The number of hydrogen-bond acceptors (Lipinski definition) is 7. The first-order valence-corrected chi connectivity index (χ1v) is 13.0. The largest absolute Gasteiger partial charge is 0.384 e. The lowest BCUT2D eigenvalue weighted by Gasteiger charge is -2.16. The number of amides is 1. The molecular formula is C28H36N8O2. The Morgan fingerprint density at radius 1 is 1.00 bits per heavy atom. The first-order valence-electron chi connectivity index (χ1n) is 13.0. The van der Waals surface area contributed by atoms with Crippen LogP contribution in [0.5, 0.6) is 0 Å². The van der Waals surface area contributed by atoms with E-state index < -0.39 is 11.5 Å². The Kier molecular flexibility index (Phi) is 8.33. The molecule has 10 nitrogen and oxygen atoms in total. The van der Waals surface area contributed by atoms with Gasteiger partial charge in [-0.05, 0) is 66.8 Å². The van der Waals surface area contributed by atoms with Gasteiger partial charge < -0.3 is 21.1 Å². The number of primary amides is 1. The normalized spacial score (nSPS) is 11.7. The molecule has 0 aliphatic rings. The number of aromatic nitrogens is 6. The lowest BCUT2D eigenvalue weighted by molar-refractivity contribution is 0.0711. The predicted molar refractivity (Wildman–Crippen MR) is 146 cm³/mol. The molecule has 0 aliphatic carbocycles. The second-order valence-corrected chi connectivity index (χ2v) is 9.98. The van der Waals surface area contributed by atoms with Crippen LogP contribution in [0.15, 0.2) is 48.5 Å². The van der Waals surface area contributed by atoms with Crippen LogP contribution < -0.4 is 11.5 Å². The summed E-state index contributed by atoms with van der Waals surface area (Å²) >= 11 is 0. The summed E-state index contributed by atoms with van der Waals surface area (Å²) in [4.78, 5) is 17.0. The number of tetrazole rings is 1. The Hall–Kier alpha value is -3.89. The fraction of sp³-hybridized carbons (Fsp3) is 0.393. The van der Waals surface area contributed by atoms with Gasteiger partial charge in [-0.3, -0.25) is 4.79 Å². The molecule has 0 unspecified atom stereocenters. The summed E-state index contributed by atoms with van der Waals surface area (Å²) in [7, 11) is 0. The fourth-order valence-corrected chi connectivity index (χ4v) is 4.53. The fourth-order valence-electron chi connectivity index (χ4n) is 4.53. The predicted octanol–water partition coefficient (Wildman–Crippen LogP) is 3.27. The monoisotopic (exact) mass is 516 g/mol. The second-order valence-electron chi connectivity index (χ2n) is 9.98. The number of nitrogens with two attached hydrogens (primary N) is 2. The van der Waals surface area contributed by atoms with E-state index in [1.165, 1.54) is 0 Å². The van der Waals surface area contributed by atoms with Crippen LogP contribution in [0.25, 0.3) is 22.5 Å². The second kappa shape index (κ2) is 11.7. The highest BCUT2D eigenvalue weighted by Gasteiger charge is 2.30. The number of aliphatic hydroxyl groups is 1. The molecule has 200 valence electrons. The van der Waals surface area contributed by atoms with Crippen molar-refractivity contribution >= 4 is 5.91 Å². The zero-order valence-corrected chi connectivity index (χ0v) is 22.3. The van der Waals surface area contributed by atoms with Gasteiger partial charge in [-0.25, -0.2) is 9.67 Å². The number of benzene rings is 2. The van der Waals surface area contributed by atoms with Crippen LogP contribution in [0.2, 0.25) is 0 Å². The molecule has 10 heteroatoms. The van der Waals surface area contributed by atoms with Crippen molar-refractivity contribution in [3.8, 4) is 22.5 Å². The van der Waals surface area contributed by atoms with Crippen molar-refractivity contribution in [2.45, 2.75) is 65.1 Å². The van der Waals surface area contributed by atoms with E-state index in [0.29, 0.717) is 25.2 Å². The van der Waals surface area contributed by atoms with Gasteiger partial charge in [-0.15, -0.1) is 5.10 Å². The maximum absolute atomic E-state index is 12.4. The van der Waals surface area contributed by atoms with E-state index in [1.807, 2.05) is 33.5 Å². The van der Waals surface area contributed by atoms with E-state index in [0.717, 1.165) is 59.7 Å². The number of carbonyl (C=O) groups excluding carboxylic acids is 1. The summed E-state index contributed by atoms with van der Waals surface area (Å²) in [5.41, 5.74) is 14.7. The van der Waals surface area contributed by atoms with Crippen LogP contribution in [-0.4, -0.2) is 47.3 Å². The lowest BCUT2D eigenvalue weighted by Crippen LogP contribution is -2.25. The third kappa shape index (κ3) is 5.98. The maximum atomic E-state index is 12.4. The van der Waals surface area contributed by atoms with E-state index in [4.69, 9.17) is 11.5 Å². The highest BCUT2D eigenvalue weighted by atomic mass is 16.3. The van der Waals surface area contributed by atoms with Gasteiger partial charge in [0.1, 0.15) is 22.8 Å². The summed E-state index contributed by atoms with van der Waals surface area (Å²) < 4.78 is 3.65. The Balaban J connectivity index is 1.55. The topological polar surface area (TPSA) is 151 Å². The minimum atomic E-state index is -1.28. The first-order chi connectivity index (χ1) is 18.2. The van der Waals surface area contributed by atoms with Gasteiger partial charge in [0.15, 0.2) is 5.82 Å². The lowest BCUT2D eigenvalue weighted by atomic mass is 10.0. The van der Waals surface area contributed by atoms with Crippen LogP contribution in [0.3, 0.4) is 0 Å². The van der Waals surface area contributed by atoms with Gasteiger partial charge in [-0.1, -0.05) is 55.5 Å². The average Bonchev–Trinajstić information content (AvgIpc) is 3.50. The van der Waals surface area contributed by atoms with Gasteiger partial charge in [0, 0.05) is 25.1 Å². The van der Waals surface area contributed by atoms with Crippen molar-refractivity contribution in [2.75, 3.05) is 6.54 Å². The van der Waals surface area contributed by atoms with Crippen molar-refractivity contribution in [2.24, 2.45) is 11.5 Å². The van der Waals surface area contributed by atoms with Crippen LogP contribution in [0, 0.1) is 0 Å². The van der Waals surface area contributed by atoms with E-state index in [1.54, 1.807) is 13.8 Å².